The predicted octanol–water partition coefficient (Wildman–Crippen LogP) is 4.29. The first kappa shape index (κ1) is 27.2. The third kappa shape index (κ3) is 6.01. The molecule has 202 valence electrons. The van der Waals surface area contributed by atoms with Crippen LogP contribution in [0.5, 0.6) is 5.75 Å². The zero-order chi connectivity index (χ0) is 28.5. The maximum Gasteiger partial charge on any atom is 0.415 e. The largest absolute Gasteiger partial charge is 0.506 e. The number of imidazole rings is 1. The van der Waals surface area contributed by atoms with Crippen molar-refractivity contribution < 1.29 is 19.4 Å². The summed E-state index contributed by atoms with van der Waals surface area (Å²) in [5, 5.41) is 18.6. The summed E-state index contributed by atoms with van der Waals surface area (Å²) in [6.07, 6.45) is -0.581. The van der Waals surface area contributed by atoms with Gasteiger partial charge in [0.25, 0.3) is 0 Å². The molecule has 4 aromatic rings. The first-order valence-electron chi connectivity index (χ1n) is 12.4. The second kappa shape index (κ2) is 10.5. The third-order valence-electron chi connectivity index (χ3n) is 6.00. The second-order valence-electron chi connectivity index (χ2n) is 10.3. The molecular weight excluding hydrogens is 496 g/mol. The molecule has 0 aliphatic carbocycles. The molecule has 0 spiro atoms. The molecule has 0 bridgehead atoms. The molecule has 0 unspecified atom stereocenters. The molecule has 0 aliphatic heterocycles. The molecule has 0 radical (unpaired) electrons. The highest BCUT2D eigenvalue weighted by atomic mass is 16.6. The normalized spacial score (nSPS) is 11.4. The lowest BCUT2D eigenvalue weighted by molar-refractivity contribution is -0.117. The van der Waals surface area contributed by atoms with Crippen molar-refractivity contribution in [1.29, 1.82) is 5.41 Å². The summed E-state index contributed by atoms with van der Waals surface area (Å²) < 4.78 is 7.62. The Hall–Kier alpha value is -4.86. The van der Waals surface area contributed by atoms with Gasteiger partial charge in [-0.05, 0) is 75.2 Å². The SMILES string of the molecule is Cc1cc(CC(N)=O)ccc1-n1c(CN(C(=O)OC(C)(C)C)c2cc(C(=N)N)ccc2O)nc2ccccc21. The van der Waals surface area contributed by atoms with Crippen LogP contribution in [0.15, 0.2) is 60.7 Å². The van der Waals surface area contributed by atoms with E-state index in [0.29, 0.717) is 16.9 Å². The van der Waals surface area contributed by atoms with Crippen molar-refractivity contribution >= 4 is 34.6 Å². The molecule has 0 fully saturated rings. The fraction of sp³-hybridized carbons (Fsp3) is 0.241. The topological polar surface area (TPSA) is 161 Å². The van der Waals surface area contributed by atoms with Crippen LogP contribution < -0.4 is 16.4 Å². The first-order chi connectivity index (χ1) is 18.3. The number of carbonyl (C=O) groups is 2. The molecule has 4 rings (SSSR count). The summed E-state index contributed by atoms with van der Waals surface area (Å²) >= 11 is 0. The Bertz CT molecular complexity index is 1580. The van der Waals surface area contributed by atoms with Crippen molar-refractivity contribution in [1.82, 2.24) is 9.55 Å². The number of primary amides is 1. The van der Waals surface area contributed by atoms with E-state index in [2.05, 4.69) is 0 Å². The summed E-state index contributed by atoms with van der Waals surface area (Å²) in [6.45, 7) is 7.11. The molecule has 10 nitrogen and oxygen atoms in total. The summed E-state index contributed by atoms with van der Waals surface area (Å²) in [5.74, 6) is -0.309. The average Bonchev–Trinajstić information content (AvgIpc) is 3.19. The summed E-state index contributed by atoms with van der Waals surface area (Å²) in [5.41, 5.74) is 14.7. The van der Waals surface area contributed by atoms with Crippen molar-refractivity contribution in [2.45, 2.75) is 46.3 Å². The molecule has 0 aliphatic rings. The Morgan fingerprint density at radius 1 is 1.08 bits per heavy atom. The quantitative estimate of drug-likeness (QED) is 0.207. The lowest BCUT2D eigenvalue weighted by Gasteiger charge is -2.28. The molecule has 0 atom stereocenters. The number of carbonyl (C=O) groups excluding carboxylic acids is 2. The fourth-order valence-corrected chi connectivity index (χ4v) is 4.34. The number of ether oxygens (including phenoxy) is 1. The Kier molecular flexibility index (Phi) is 7.31. The van der Waals surface area contributed by atoms with Crippen LogP contribution in [0, 0.1) is 12.3 Å². The van der Waals surface area contributed by atoms with E-state index in [0.717, 1.165) is 22.3 Å². The molecular formula is C29H32N6O4. The number of anilines is 1. The number of nitrogens with zero attached hydrogens (tertiary/aromatic N) is 3. The molecule has 3 aromatic carbocycles. The van der Waals surface area contributed by atoms with Crippen LogP contribution in [0.4, 0.5) is 10.5 Å². The maximum atomic E-state index is 13.5. The molecule has 0 saturated heterocycles. The molecule has 6 N–H and O–H groups in total. The van der Waals surface area contributed by atoms with Gasteiger partial charge in [-0.3, -0.25) is 19.7 Å². The third-order valence-corrected chi connectivity index (χ3v) is 6.00. The number of aromatic hydroxyl groups is 1. The van der Waals surface area contributed by atoms with Gasteiger partial charge in [0.1, 0.15) is 23.0 Å². The summed E-state index contributed by atoms with van der Waals surface area (Å²) in [4.78, 5) is 31.1. The number of nitrogen functional groups attached to an aromatic ring is 1. The van der Waals surface area contributed by atoms with E-state index in [1.165, 1.54) is 23.1 Å². The van der Waals surface area contributed by atoms with E-state index in [-0.39, 0.29) is 30.2 Å². The lowest BCUT2D eigenvalue weighted by atomic mass is 10.1. The van der Waals surface area contributed by atoms with Gasteiger partial charge >= 0.3 is 6.09 Å². The Morgan fingerprint density at radius 2 is 1.79 bits per heavy atom. The highest BCUT2D eigenvalue weighted by Gasteiger charge is 2.28. The zero-order valence-electron chi connectivity index (χ0n) is 22.4. The van der Waals surface area contributed by atoms with Gasteiger partial charge < -0.3 is 21.3 Å². The van der Waals surface area contributed by atoms with Gasteiger partial charge in [0.2, 0.25) is 5.91 Å². The van der Waals surface area contributed by atoms with Crippen LogP contribution >= 0.6 is 0 Å². The van der Waals surface area contributed by atoms with Crippen LogP contribution in [-0.2, 0) is 22.5 Å². The number of fused-ring (bicyclic) bond motifs is 1. The minimum Gasteiger partial charge on any atom is -0.506 e. The molecule has 0 saturated carbocycles. The number of nitrogens with one attached hydrogen (secondary N) is 1. The minimum absolute atomic E-state index is 0.0685. The molecule has 10 heteroatoms. The molecule has 1 heterocycles. The van der Waals surface area contributed by atoms with Crippen LogP contribution in [-0.4, -0.2) is 38.1 Å². The number of phenols is 1. The number of hydrogen-bond acceptors (Lipinski definition) is 6. The summed E-state index contributed by atoms with van der Waals surface area (Å²) in [6, 6.07) is 17.5. The highest BCUT2D eigenvalue weighted by Crippen LogP contribution is 2.33. The minimum atomic E-state index is -0.809. The van der Waals surface area contributed by atoms with Crippen molar-refractivity contribution in [3.8, 4) is 11.4 Å². The van der Waals surface area contributed by atoms with Crippen LogP contribution in [0.2, 0.25) is 0 Å². The monoisotopic (exact) mass is 528 g/mol. The Labute approximate surface area is 226 Å². The van der Waals surface area contributed by atoms with Gasteiger partial charge in [-0.1, -0.05) is 24.3 Å². The Balaban J connectivity index is 1.89. The van der Waals surface area contributed by atoms with E-state index in [1.807, 2.05) is 54.0 Å². The zero-order valence-corrected chi connectivity index (χ0v) is 22.4. The van der Waals surface area contributed by atoms with E-state index in [9.17, 15) is 14.7 Å². The second-order valence-corrected chi connectivity index (χ2v) is 10.3. The van der Waals surface area contributed by atoms with Crippen LogP contribution in [0.3, 0.4) is 0 Å². The van der Waals surface area contributed by atoms with Gasteiger partial charge in [0.05, 0.1) is 35.4 Å². The fourth-order valence-electron chi connectivity index (χ4n) is 4.34. The number of amidine groups is 1. The van der Waals surface area contributed by atoms with Crippen molar-refractivity contribution in [2.24, 2.45) is 11.5 Å². The lowest BCUT2D eigenvalue weighted by Crippen LogP contribution is -2.37. The van der Waals surface area contributed by atoms with Crippen LogP contribution in [0.25, 0.3) is 16.7 Å². The van der Waals surface area contributed by atoms with Gasteiger partial charge in [-0.15, -0.1) is 0 Å². The van der Waals surface area contributed by atoms with Crippen LogP contribution in [0.1, 0.15) is 43.3 Å². The van der Waals surface area contributed by atoms with Crippen molar-refractivity contribution in [2.75, 3.05) is 4.90 Å². The number of aromatic nitrogens is 2. The predicted molar refractivity (Wildman–Crippen MR) is 150 cm³/mol. The molecule has 39 heavy (non-hydrogen) atoms. The van der Waals surface area contributed by atoms with Gasteiger partial charge in [-0.25, -0.2) is 9.78 Å². The number of nitrogens with two attached hydrogens (primary N) is 2. The smallest absolute Gasteiger partial charge is 0.415 e. The first-order valence-corrected chi connectivity index (χ1v) is 12.4. The average molecular weight is 529 g/mol. The number of para-hydroxylation sites is 2. The van der Waals surface area contributed by atoms with E-state index in [4.69, 9.17) is 26.6 Å². The number of aryl methyl sites for hydroxylation is 1. The number of benzene rings is 3. The molecule has 1 aromatic heterocycles. The Morgan fingerprint density at radius 3 is 2.44 bits per heavy atom. The molecule has 2 amide bonds. The standard InChI is InChI=1S/C29H32N6O4/c1-17-13-18(14-25(30)37)9-11-21(17)35-22-8-6-5-7-20(22)33-26(35)16-34(28(38)39-29(2,3)4)23-15-19(27(31)32)10-12-24(23)36/h5-13,15,36H,14,16H2,1-4H3,(H2,30,37)(H3,31,32). The van der Waals surface area contributed by atoms with Gasteiger partial charge in [0, 0.05) is 5.56 Å². The number of rotatable bonds is 7. The number of amides is 2. The summed E-state index contributed by atoms with van der Waals surface area (Å²) in [7, 11) is 0. The maximum absolute atomic E-state index is 13.5. The van der Waals surface area contributed by atoms with E-state index >= 15 is 0 Å². The van der Waals surface area contributed by atoms with E-state index < -0.39 is 17.6 Å². The number of phenolic OH excluding ortho intramolecular Hbond substituents is 1. The van der Waals surface area contributed by atoms with Gasteiger partial charge in [0.15, 0.2) is 0 Å². The van der Waals surface area contributed by atoms with E-state index in [1.54, 1.807) is 20.8 Å². The highest BCUT2D eigenvalue weighted by molar-refractivity contribution is 5.98. The number of hydrogen-bond donors (Lipinski definition) is 4. The van der Waals surface area contributed by atoms with Crippen molar-refractivity contribution in [3.63, 3.8) is 0 Å². The van der Waals surface area contributed by atoms with Crippen molar-refractivity contribution in [3.05, 3.63) is 83.2 Å². The van der Waals surface area contributed by atoms with Gasteiger partial charge in [-0.2, -0.15) is 0 Å².